The molecule has 3 rings (SSSR count). The van der Waals surface area contributed by atoms with Crippen molar-refractivity contribution in [3.63, 3.8) is 0 Å². The molecule has 3 nitrogen and oxygen atoms in total. The van der Waals surface area contributed by atoms with E-state index >= 15 is 0 Å². The van der Waals surface area contributed by atoms with E-state index in [1.54, 1.807) is 11.3 Å². The molecule has 2 aromatic heterocycles. The van der Waals surface area contributed by atoms with Crippen LogP contribution in [0.1, 0.15) is 44.3 Å². The molecular formula is C13H17N3S. The Labute approximate surface area is 106 Å². The number of hydrogen-bond donors (Lipinski definition) is 0. The third kappa shape index (κ3) is 2.27. The number of aromatic nitrogens is 3. The zero-order valence-electron chi connectivity index (χ0n) is 10.1. The topological polar surface area (TPSA) is 30.7 Å². The van der Waals surface area contributed by atoms with Crippen molar-refractivity contribution in [3.05, 3.63) is 23.3 Å². The molecule has 1 fully saturated rings. The second-order valence-electron chi connectivity index (χ2n) is 4.62. The summed E-state index contributed by atoms with van der Waals surface area (Å²) in [6, 6.07) is 4.21. The Morgan fingerprint density at radius 3 is 3.00 bits per heavy atom. The fourth-order valence-corrected chi connectivity index (χ4v) is 2.64. The average Bonchev–Trinajstić information content (AvgIpc) is 2.91. The molecule has 4 heteroatoms. The molecule has 17 heavy (non-hydrogen) atoms. The highest BCUT2D eigenvalue weighted by molar-refractivity contribution is 7.13. The van der Waals surface area contributed by atoms with E-state index in [0.29, 0.717) is 5.92 Å². The van der Waals surface area contributed by atoms with Gasteiger partial charge in [-0.3, -0.25) is 0 Å². The SMILES string of the molecule is CCCCn1nc(C2CC2)nc1-c1cccs1. The molecule has 0 aromatic carbocycles. The standard InChI is InChI=1S/C13H17N3S/c1-2-3-8-16-13(11-5-4-9-17-11)14-12(15-16)10-6-7-10/h4-5,9-10H,2-3,6-8H2,1H3. The third-order valence-corrected chi connectivity index (χ3v) is 3.96. The van der Waals surface area contributed by atoms with E-state index in [1.165, 1.54) is 30.6 Å². The Kier molecular flexibility index (Phi) is 2.97. The maximum absolute atomic E-state index is 4.73. The molecule has 1 aliphatic rings. The second-order valence-corrected chi connectivity index (χ2v) is 5.57. The van der Waals surface area contributed by atoms with Gasteiger partial charge in [0, 0.05) is 12.5 Å². The molecule has 2 heterocycles. The summed E-state index contributed by atoms with van der Waals surface area (Å²) in [6.07, 6.45) is 4.90. The first-order valence-corrected chi connectivity index (χ1v) is 7.25. The lowest BCUT2D eigenvalue weighted by molar-refractivity contribution is 0.571. The van der Waals surface area contributed by atoms with Gasteiger partial charge in [-0.1, -0.05) is 19.4 Å². The van der Waals surface area contributed by atoms with Crippen LogP contribution in [0.3, 0.4) is 0 Å². The zero-order valence-corrected chi connectivity index (χ0v) is 10.9. The van der Waals surface area contributed by atoms with Crippen molar-refractivity contribution in [1.29, 1.82) is 0 Å². The first kappa shape index (κ1) is 11.0. The lowest BCUT2D eigenvalue weighted by Gasteiger charge is -2.02. The quantitative estimate of drug-likeness (QED) is 0.807. The van der Waals surface area contributed by atoms with Gasteiger partial charge < -0.3 is 0 Å². The number of unbranched alkanes of at least 4 members (excludes halogenated alkanes) is 1. The fourth-order valence-electron chi connectivity index (χ4n) is 1.93. The van der Waals surface area contributed by atoms with Crippen LogP contribution in [0.4, 0.5) is 0 Å². The minimum absolute atomic E-state index is 0.636. The average molecular weight is 247 g/mol. The molecule has 1 aliphatic carbocycles. The summed E-state index contributed by atoms with van der Waals surface area (Å²) in [4.78, 5) is 5.97. The van der Waals surface area contributed by atoms with E-state index < -0.39 is 0 Å². The molecule has 0 amide bonds. The molecule has 2 aromatic rings. The Balaban J connectivity index is 1.93. The Morgan fingerprint density at radius 2 is 2.35 bits per heavy atom. The normalized spacial score (nSPS) is 15.4. The third-order valence-electron chi connectivity index (χ3n) is 3.10. The predicted molar refractivity (Wildman–Crippen MR) is 70.2 cm³/mol. The lowest BCUT2D eigenvalue weighted by atomic mass is 10.3. The fraction of sp³-hybridized carbons (Fsp3) is 0.538. The molecule has 0 atom stereocenters. The van der Waals surface area contributed by atoms with Crippen LogP contribution in [0.2, 0.25) is 0 Å². The molecule has 0 aliphatic heterocycles. The number of nitrogens with zero attached hydrogens (tertiary/aromatic N) is 3. The molecule has 0 bridgehead atoms. The second kappa shape index (κ2) is 4.61. The maximum atomic E-state index is 4.73. The summed E-state index contributed by atoms with van der Waals surface area (Å²) in [7, 11) is 0. The monoisotopic (exact) mass is 247 g/mol. The maximum Gasteiger partial charge on any atom is 0.168 e. The van der Waals surface area contributed by atoms with Crippen LogP contribution in [0.25, 0.3) is 10.7 Å². The summed E-state index contributed by atoms with van der Waals surface area (Å²) < 4.78 is 2.10. The van der Waals surface area contributed by atoms with E-state index in [4.69, 9.17) is 4.98 Å². The summed E-state index contributed by atoms with van der Waals surface area (Å²) in [5.41, 5.74) is 0. The van der Waals surface area contributed by atoms with Gasteiger partial charge >= 0.3 is 0 Å². The van der Waals surface area contributed by atoms with E-state index in [-0.39, 0.29) is 0 Å². The molecule has 1 saturated carbocycles. The molecule has 0 N–H and O–H groups in total. The minimum atomic E-state index is 0.636. The van der Waals surface area contributed by atoms with Gasteiger partial charge in [0.2, 0.25) is 0 Å². The van der Waals surface area contributed by atoms with Gasteiger partial charge in [-0.05, 0) is 30.7 Å². The summed E-state index contributed by atoms with van der Waals surface area (Å²) >= 11 is 1.75. The van der Waals surface area contributed by atoms with Crippen LogP contribution in [0.15, 0.2) is 17.5 Å². The van der Waals surface area contributed by atoms with Crippen molar-refractivity contribution in [2.45, 2.75) is 45.1 Å². The summed E-state index contributed by atoms with van der Waals surface area (Å²) in [5.74, 6) is 2.76. The Morgan fingerprint density at radius 1 is 1.47 bits per heavy atom. The Hall–Kier alpha value is -1.16. The summed E-state index contributed by atoms with van der Waals surface area (Å²) in [6.45, 7) is 3.20. The van der Waals surface area contributed by atoms with E-state index in [2.05, 4.69) is 34.2 Å². The largest absolute Gasteiger partial charge is 0.245 e. The van der Waals surface area contributed by atoms with Gasteiger partial charge in [-0.25, -0.2) is 9.67 Å². The minimum Gasteiger partial charge on any atom is -0.245 e. The van der Waals surface area contributed by atoms with Crippen molar-refractivity contribution in [2.24, 2.45) is 0 Å². The van der Waals surface area contributed by atoms with Crippen molar-refractivity contribution in [2.75, 3.05) is 0 Å². The van der Waals surface area contributed by atoms with Crippen LogP contribution in [-0.2, 0) is 6.54 Å². The number of rotatable bonds is 5. The number of aryl methyl sites for hydroxylation is 1. The lowest BCUT2D eigenvalue weighted by Crippen LogP contribution is -2.02. The molecule has 0 saturated heterocycles. The van der Waals surface area contributed by atoms with Crippen molar-refractivity contribution < 1.29 is 0 Å². The van der Waals surface area contributed by atoms with E-state index in [0.717, 1.165) is 18.2 Å². The van der Waals surface area contributed by atoms with Crippen LogP contribution < -0.4 is 0 Å². The molecule has 0 radical (unpaired) electrons. The van der Waals surface area contributed by atoms with Crippen LogP contribution >= 0.6 is 11.3 Å². The van der Waals surface area contributed by atoms with Gasteiger partial charge in [0.15, 0.2) is 11.6 Å². The van der Waals surface area contributed by atoms with Gasteiger partial charge in [0.25, 0.3) is 0 Å². The van der Waals surface area contributed by atoms with Crippen LogP contribution in [0, 0.1) is 0 Å². The highest BCUT2D eigenvalue weighted by Gasteiger charge is 2.29. The zero-order chi connectivity index (χ0) is 11.7. The van der Waals surface area contributed by atoms with E-state index in [1.807, 2.05) is 0 Å². The van der Waals surface area contributed by atoms with Crippen LogP contribution in [0.5, 0.6) is 0 Å². The molecular weight excluding hydrogens is 230 g/mol. The molecule has 0 unspecified atom stereocenters. The van der Waals surface area contributed by atoms with Gasteiger partial charge in [0.1, 0.15) is 0 Å². The van der Waals surface area contributed by atoms with Crippen molar-refractivity contribution >= 4 is 11.3 Å². The van der Waals surface area contributed by atoms with Gasteiger partial charge in [-0.2, -0.15) is 5.10 Å². The molecule has 0 spiro atoms. The van der Waals surface area contributed by atoms with Crippen LogP contribution in [-0.4, -0.2) is 14.8 Å². The van der Waals surface area contributed by atoms with Gasteiger partial charge in [-0.15, -0.1) is 11.3 Å². The number of thiophene rings is 1. The first-order chi connectivity index (χ1) is 8.38. The summed E-state index contributed by atoms with van der Waals surface area (Å²) in [5, 5.41) is 6.78. The Bertz CT molecular complexity index is 483. The highest BCUT2D eigenvalue weighted by atomic mass is 32.1. The smallest absolute Gasteiger partial charge is 0.168 e. The predicted octanol–water partition coefficient (Wildman–Crippen LogP) is 3.68. The van der Waals surface area contributed by atoms with E-state index in [9.17, 15) is 0 Å². The van der Waals surface area contributed by atoms with Crippen molar-refractivity contribution in [1.82, 2.24) is 14.8 Å². The first-order valence-electron chi connectivity index (χ1n) is 6.37. The highest BCUT2D eigenvalue weighted by Crippen LogP contribution is 2.39. The van der Waals surface area contributed by atoms with Gasteiger partial charge in [0.05, 0.1) is 4.88 Å². The number of hydrogen-bond acceptors (Lipinski definition) is 3. The van der Waals surface area contributed by atoms with Crippen molar-refractivity contribution in [3.8, 4) is 10.7 Å². The molecule has 90 valence electrons.